The zero-order valence-electron chi connectivity index (χ0n) is 15.3. The van der Waals surface area contributed by atoms with E-state index < -0.39 is 11.9 Å². The van der Waals surface area contributed by atoms with E-state index in [0.717, 1.165) is 18.4 Å². The van der Waals surface area contributed by atoms with Gasteiger partial charge in [-0.15, -0.1) is 0 Å². The molecular weight excluding hydrogens is 351 g/mol. The zero-order valence-corrected chi connectivity index (χ0v) is 16.0. The third-order valence-corrected chi connectivity index (χ3v) is 4.66. The molecule has 1 aromatic rings. The average molecular weight is 377 g/mol. The quantitative estimate of drug-likeness (QED) is 0.778. The number of hydrogen-bond acceptors (Lipinski definition) is 2. The van der Waals surface area contributed by atoms with Crippen molar-refractivity contribution in [2.24, 2.45) is 0 Å². The van der Waals surface area contributed by atoms with Crippen molar-refractivity contribution in [2.75, 3.05) is 0 Å². The van der Waals surface area contributed by atoms with Gasteiger partial charge in [0.15, 0.2) is 0 Å². The highest BCUT2D eigenvalue weighted by Gasteiger charge is 2.19. The summed E-state index contributed by atoms with van der Waals surface area (Å²) in [5.41, 5.74) is 2.20. The minimum atomic E-state index is -0.518. The smallest absolute Gasteiger partial charge is 0.242 e. The molecule has 0 radical (unpaired) electrons. The van der Waals surface area contributed by atoms with Gasteiger partial charge in [0.05, 0.1) is 5.03 Å². The maximum atomic E-state index is 13.8. The Bertz CT molecular complexity index is 697. The highest BCUT2D eigenvalue weighted by atomic mass is 35.5. The van der Waals surface area contributed by atoms with Crippen LogP contribution in [0.3, 0.4) is 0 Å². The molecule has 0 aromatic heterocycles. The van der Waals surface area contributed by atoms with E-state index in [2.05, 4.69) is 22.8 Å². The first-order chi connectivity index (χ1) is 12.5. The van der Waals surface area contributed by atoms with E-state index in [4.69, 9.17) is 11.6 Å². The van der Waals surface area contributed by atoms with Gasteiger partial charge in [-0.05, 0) is 57.2 Å². The van der Waals surface area contributed by atoms with Crippen molar-refractivity contribution >= 4 is 17.5 Å². The maximum Gasteiger partial charge on any atom is 0.242 e. The van der Waals surface area contributed by atoms with Gasteiger partial charge in [0.2, 0.25) is 5.91 Å². The van der Waals surface area contributed by atoms with E-state index in [1.807, 2.05) is 32.0 Å². The Hall–Kier alpha value is -2.07. The van der Waals surface area contributed by atoms with E-state index in [1.165, 1.54) is 17.8 Å². The van der Waals surface area contributed by atoms with Gasteiger partial charge in [-0.25, -0.2) is 4.39 Å². The van der Waals surface area contributed by atoms with Crippen molar-refractivity contribution in [3.8, 4) is 0 Å². The molecule has 0 fully saturated rings. The second-order valence-corrected chi connectivity index (χ2v) is 7.12. The molecule has 0 saturated heterocycles. The molecule has 0 bridgehead atoms. The second-order valence-electron chi connectivity index (χ2n) is 6.71. The first kappa shape index (κ1) is 20.2. The van der Waals surface area contributed by atoms with Crippen LogP contribution in [0.4, 0.5) is 4.39 Å². The van der Waals surface area contributed by atoms with E-state index in [0.29, 0.717) is 12.8 Å². The zero-order chi connectivity index (χ0) is 18.9. The van der Waals surface area contributed by atoms with Gasteiger partial charge < -0.3 is 10.6 Å². The largest absolute Gasteiger partial charge is 0.380 e. The lowest BCUT2D eigenvalue weighted by molar-refractivity contribution is -0.123. The predicted molar refractivity (Wildman–Crippen MR) is 105 cm³/mol. The van der Waals surface area contributed by atoms with Crippen LogP contribution in [0.2, 0.25) is 0 Å². The van der Waals surface area contributed by atoms with Crippen LogP contribution in [-0.4, -0.2) is 18.0 Å². The molecule has 2 N–H and O–H groups in total. The van der Waals surface area contributed by atoms with Crippen LogP contribution in [0.5, 0.6) is 0 Å². The van der Waals surface area contributed by atoms with Crippen LogP contribution in [0.15, 0.2) is 65.1 Å². The molecule has 2 atom stereocenters. The van der Waals surface area contributed by atoms with Gasteiger partial charge in [0.25, 0.3) is 0 Å². The molecule has 3 nitrogen and oxygen atoms in total. The first-order valence-electron chi connectivity index (χ1n) is 8.95. The van der Waals surface area contributed by atoms with Gasteiger partial charge in [-0.3, -0.25) is 4.79 Å². The Morgan fingerprint density at radius 2 is 2.12 bits per heavy atom. The maximum absolute atomic E-state index is 13.8. The van der Waals surface area contributed by atoms with Crippen LogP contribution in [0.1, 0.15) is 38.7 Å². The summed E-state index contributed by atoms with van der Waals surface area (Å²) in [5, 5.41) is 6.12. The third-order valence-electron chi connectivity index (χ3n) is 4.37. The Balaban J connectivity index is 1.91. The molecule has 0 spiro atoms. The van der Waals surface area contributed by atoms with Crippen LogP contribution < -0.4 is 10.6 Å². The van der Waals surface area contributed by atoms with Gasteiger partial charge >= 0.3 is 0 Å². The summed E-state index contributed by atoms with van der Waals surface area (Å²) in [6, 6.07) is 9.86. The van der Waals surface area contributed by atoms with Crippen molar-refractivity contribution in [1.82, 2.24) is 10.6 Å². The number of rotatable bonds is 5. The molecule has 5 heteroatoms. The van der Waals surface area contributed by atoms with Gasteiger partial charge in [0.1, 0.15) is 11.9 Å². The average Bonchev–Trinajstić information content (AvgIpc) is 2.62. The number of allylic oxidation sites excluding steroid dienone is 5. The summed E-state index contributed by atoms with van der Waals surface area (Å²) in [6.07, 6.45) is 7.38. The highest BCUT2D eigenvalue weighted by Crippen LogP contribution is 2.19. The van der Waals surface area contributed by atoms with E-state index in [-0.39, 0.29) is 17.0 Å². The predicted octanol–water partition coefficient (Wildman–Crippen LogP) is 4.76. The fraction of sp³-hybridized carbons (Fsp3) is 0.381. The van der Waals surface area contributed by atoms with Crippen LogP contribution in [0, 0.1) is 0 Å². The lowest BCUT2D eigenvalue weighted by atomic mass is 10.0. The van der Waals surface area contributed by atoms with Crippen LogP contribution in [0.25, 0.3) is 0 Å². The molecular formula is C21H26ClFN2O. The van der Waals surface area contributed by atoms with Crippen molar-refractivity contribution < 1.29 is 9.18 Å². The molecule has 140 valence electrons. The van der Waals surface area contributed by atoms with E-state index >= 15 is 0 Å². The molecule has 1 heterocycles. The SMILES string of the molecule is C\C1=C/C(Cl)=C(F)\C=C\NC(C(=O)NC(C)CCc2ccccc2)CC1. The number of hydrogen-bond donors (Lipinski definition) is 2. The second kappa shape index (κ2) is 10.2. The summed E-state index contributed by atoms with van der Waals surface area (Å²) < 4.78 is 13.8. The monoisotopic (exact) mass is 376 g/mol. The summed E-state index contributed by atoms with van der Waals surface area (Å²) in [6.45, 7) is 3.89. The van der Waals surface area contributed by atoms with E-state index in [9.17, 15) is 9.18 Å². The Kier molecular flexibility index (Phi) is 7.92. The van der Waals surface area contributed by atoms with Gasteiger partial charge in [-0.1, -0.05) is 47.5 Å². The normalized spacial score (nSPS) is 25.4. The number of benzene rings is 1. The number of amides is 1. The molecule has 2 rings (SSSR count). The number of carbonyl (C=O) groups excluding carboxylic acids is 1. The molecule has 1 aliphatic heterocycles. The Morgan fingerprint density at radius 3 is 2.85 bits per heavy atom. The molecule has 26 heavy (non-hydrogen) atoms. The topological polar surface area (TPSA) is 41.1 Å². The summed E-state index contributed by atoms with van der Waals surface area (Å²) >= 11 is 5.89. The summed E-state index contributed by atoms with van der Waals surface area (Å²) in [5.74, 6) is -0.588. The number of aryl methyl sites for hydroxylation is 1. The number of nitrogens with one attached hydrogen (secondary N) is 2. The van der Waals surface area contributed by atoms with Crippen molar-refractivity contribution in [3.63, 3.8) is 0 Å². The minimum Gasteiger partial charge on any atom is -0.380 e. The van der Waals surface area contributed by atoms with Crippen molar-refractivity contribution in [1.29, 1.82) is 0 Å². The molecule has 1 amide bonds. The standard InChI is InChI=1S/C21H26ClFN2O/c1-15-8-11-20(24-13-12-19(23)18(22)14-15)21(26)25-16(2)9-10-17-6-4-3-5-7-17/h3-7,12-14,16,20,24H,8-11H2,1-2H3,(H,25,26)/b13-12+,15-14+,19-18-. The molecule has 1 aliphatic rings. The van der Waals surface area contributed by atoms with Crippen LogP contribution in [-0.2, 0) is 11.2 Å². The molecule has 1 aromatic carbocycles. The third kappa shape index (κ3) is 6.68. The fourth-order valence-electron chi connectivity index (χ4n) is 2.78. The highest BCUT2D eigenvalue weighted by molar-refractivity contribution is 6.31. The Morgan fingerprint density at radius 1 is 1.38 bits per heavy atom. The Labute approximate surface area is 160 Å². The molecule has 2 unspecified atom stereocenters. The summed E-state index contributed by atoms with van der Waals surface area (Å²) in [7, 11) is 0. The van der Waals surface area contributed by atoms with Crippen molar-refractivity contribution in [2.45, 2.75) is 51.6 Å². The number of halogens is 2. The summed E-state index contributed by atoms with van der Waals surface area (Å²) in [4.78, 5) is 12.6. The van der Waals surface area contributed by atoms with Crippen molar-refractivity contribution in [3.05, 3.63) is 70.7 Å². The lowest BCUT2D eigenvalue weighted by Crippen LogP contribution is -2.45. The lowest BCUT2D eigenvalue weighted by Gasteiger charge is -2.21. The minimum absolute atomic E-state index is 0.0617. The van der Waals surface area contributed by atoms with Crippen LogP contribution >= 0.6 is 11.6 Å². The number of carbonyl (C=O) groups is 1. The van der Waals surface area contributed by atoms with E-state index in [1.54, 1.807) is 6.08 Å². The molecule has 0 aliphatic carbocycles. The fourth-order valence-corrected chi connectivity index (χ4v) is 3.03. The van der Waals surface area contributed by atoms with Gasteiger partial charge in [-0.2, -0.15) is 0 Å². The van der Waals surface area contributed by atoms with Gasteiger partial charge in [0, 0.05) is 12.2 Å². The first-order valence-corrected chi connectivity index (χ1v) is 9.33. The molecule has 0 saturated carbocycles.